The fourth-order valence-corrected chi connectivity index (χ4v) is 3.34. The number of halogens is 1. The molecule has 0 radical (unpaired) electrons. The van der Waals surface area contributed by atoms with Crippen molar-refractivity contribution >= 4 is 23.5 Å². The van der Waals surface area contributed by atoms with Crippen molar-refractivity contribution in [2.45, 2.75) is 32.7 Å². The van der Waals surface area contributed by atoms with Gasteiger partial charge in [-0.1, -0.05) is 6.07 Å². The Balaban J connectivity index is 1.98. The number of carbonyl (C=O) groups is 2. The number of nitrogen functional groups attached to an aromatic ring is 1. The van der Waals surface area contributed by atoms with Gasteiger partial charge in [0.25, 0.3) is 0 Å². The van der Waals surface area contributed by atoms with Crippen molar-refractivity contribution in [2.75, 3.05) is 17.2 Å². The maximum absolute atomic E-state index is 14.2. The molecule has 3 rings (SSSR count). The van der Waals surface area contributed by atoms with Crippen molar-refractivity contribution in [3.05, 3.63) is 35.6 Å². The van der Waals surface area contributed by atoms with E-state index in [0.29, 0.717) is 30.0 Å². The maximum atomic E-state index is 14.2. The van der Waals surface area contributed by atoms with Crippen molar-refractivity contribution in [2.24, 2.45) is 5.92 Å². The molecule has 1 saturated heterocycles. The minimum absolute atomic E-state index is 0.00922. The molecule has 7 nitrogen and oxygen atoms in total. The first-order chi connectivity index (χ1) is 12.8. The predicted molar refractivity (Wildman–Crippen MR) is 99.0 cm³/mol. The lowest BCUT2D eigenvalue weighted by molar-refractivity contribution is -0.142. The van der Waals surface area contributed by atoms with Crippen LogP contribution in [-0.2, 0) is 4.79 Å². The SMILES string of the molecule is CC(=O)c1ccc(-c2cc(N3C[C@@H](C(=O)O)CC[C@H]3C)nc(N)n2)cc1F. The third-order valence-corrected chi connectivity index (χ3v) is 4.90. The van der Waals surface area contributed by atoms with Gasteiger partial charge in [0.1, 0.15) is 11.6 Å². The topological polar surface area (TPSA) is 109 Å². The van der Waals surface area contributed by atoms with Crippen molar-refractivity contribution < 1.29 is 19.1 Å². The number of ketones is 1. The number of carboxylic acids is 1. The molecular formula is C19H21FN4O3. The van der Waals surface area contributed by atoms with Gasteiger partial charge in [-0.15, -0.1) is 0 Å². The highest BCUT2D eigenvalue weighted by Gasteiger charge is 2.31. The maximum Gasteiger partial charge on any atom is 0.308 e. The standard InChI is InChI=1S/C19H21FN4O3/c1-10-3-4-13(18(26)27)9-24(10)17-8-16(22-19(21)23-17)12-5-6-14(11(2)25)15(20)7-12/h5-8,10,13H,3-4,9H2,1-2H3,(H,26,27)(H2,21,22,23)/t10-,13+/m1/s1. The highest BCUT2D eigenvalue weighted by atomic mass is 19.1. The number of nitrogens with zero attached hydrogens (tertiary/aromatic N) is 3. The van der Waals surface area contributed by atoms with E-state index in [1.165, 1.54) is 19.1 Å². The molecule has 2 heterocycles. The van der Waals surface area contributed by atoms with Crippen LogP contribution in [0.25, 0.3) is 11.3 Å². The van der Waals surface area contributed by atoms with Crippen molar-refractivity contribution in [3.8, 4) is 11.3 Å². The van der Waals surface area contributed by atoms with Crippen LogP contribution in [-0.4, -0.2) is 39.4 Å². The first-order valence-electron chi connectivity index (χ1n) is 8.71. The number of carboxylic acid groups (broad SMARTS) is 1. The molecule has 1 aromatic heterocycles. The molecule has 2 aromatic rings. The number of benzene rings is 1. The van der Waals surface area contributed by atoms with Crippen LogP contribution in [0.15, 0.2) is 24.3 Å². The van der Waals surface area contributed by atoms with Crippen LogP contribution in [0, 0.1) is 11.7 Å². The van der Waals surface area contributed by atoms with Crippen LogP contribution in [0.2, 0.25) is 0 Å². The second kappa shape index (κ2) is 7.30. The van der Waals surface area contributed by atoms with Gasteiger partial charge in [0.05, 0.1) is 17.2 Å². The van der Waals surface area contributed by atoms with E-state index in [2.05, 4.69) is 9.97 Å². The lowest BCUT2D eigenvalue weighted by atomic mass is 9.93. The molecule has 0 saturated carbocycles. The van der Waals surface area contributed by atoms with Crippen LogP contribution < -0.4 is 10.6 Å². The summed E-state index contributed by atoms with van der Waals surface area (Å²) in [7, 11) is 0. The summed E-state index contributed by atoms with van der Waals surface area (Å²) in [6.07, 6.45) is 1.33. The molecule has 0 spiro atoms. The average molecular weight is 372 g/mol. The second-order valence-corrected chi connectivity index (χ2v) is 6.83. The van der Waals surface area contributed by atoms with Crippen molar-refractivity contribution in [1.29, 1.82) is 0 Å². The zero-order chi connectivity index (χ0) is 19.7. The highest BCUT2D eigenvalue weighted by molar-refractivity contribution is 5.94. The molecule has 142 valence electrons. The third-order valence-electron chi connectivity index (χ3n) is 4.90. The second-order valence-electron chi connectivity index (χ2n) is 6.83. The number of Topliss-reactive ketones (excluding diaryl/α,β-unsaturated/α-hetero) is 1. The summed E-state index contributed by atoms with van der Waals surface area (Å²) in [6, 6.07) is 6.01. The Morgan fingerprint density at radius 1 is 1.26 bits per heavy atom. The van der Waals surface area contributed by atoms with Crippen LogP contribution in [0.4, 0.5) is 16.2 Å². The van der Waals surface area contributed by atoms with Gasteiger partial charge in [0.2, 0.25) is 5.95 Å². The van der Waals surface area contributed by atoms with E-state index in [9.17, 15) is 19.1 Å². The molecule has 3 N–H and O–H groups in total. The molecule has 27 heavy (non-hydrogen) atoms. The minimum atomic E-state index is -0.837. The van der Waals surface area contributed by atoms with Crippen LogP contribution in [0.5, 0.6) is 0 Å². The number of hydrogen-bond donors (Lipinski definition) is 2. The highest BCUT2D eigenvalue weighted by Crippen LogP contribution is 2.30. The summed E-state index contributed by atoms with van der Waals surface area (Å²) in [4.78, 5) is 33.1. The molecule has 8 heteroatoms. The third kappa shape index (κ3) is 3.89. The Hall–Kier alpha value is -3.03. The number of hydrogen-bond acceptors (Lipinski definition) is 6. The molecule has 1 aliphatic rings. The Morgan fingerprint density at radius 2 is 2.00 bits per heavy atom. The fraction of sp³-hybridized carbons (Fsp3) is 0.368. The van der Waals surface area contributed by atoms with Gasteiger partial charge in [0, 0.05) is 24.2 Å². The van der Waals surface area contributed by atoms with E-state index in [0.717, 1.165) is 6.42 Å². The first-order valence-corrected chi connectivity index (χ1v) is 8.71. The fourth-order valence-electron chi connectivity index (χ4n) is 3.34. The van der Waals surface area contributed by atoms with Gasteiger partial charge in [0.15, 0.2) is 5.78 Å². The zero-order valence-electron chi connectivity index (χ0n) is 15.1. The Labute approximate surface area is 156 Å². The van der Waals surface area contributed by atoms with E-state index in [4.69, 9.17) is 5.73 Å². The molecule has 0 aliphatic carbocycles. The Bertz CT molecular complexity index is 903. The Kier molecular flexibility index (Phi) is 5.07. The van der Waals surface area contributed by atoms with Crippen LogP contribution >= 0.6 is 0 Å². The van der Waals surface area contributed by atoms with Gasteiger partial charge < -0.3 is 15.7 Å². The predicted octanol–water partition coefficient (Wildman–Crippen LogP) is 2.76. The minimum Gasteiger partial charge on any atom is -0.481 e. The summed E-state index contributed by atoms with van der Waals surface area (Å²) < 4.78 is 14.2. The lowest BCUT2D eigenvalue weighted by Gasteiger charge is -2.37. The summed E-state index contributed by atoms with van der Waals surface area (Å²) >= 11 is 0. The van der Waals surface area contributed by atoms with Crippen molar-refractivity contribution in [1.82, 2.24) is 9.97 Å². The molecule has 2 atom stereocenters. The van der Waals surface area contributed by atoms with E-state index in [-0.39, 0.29) is 23.3 Å². The summed E-state index contributed by atoms with van der Waals surface area (Å²) in [5.74, 6) is -1.78. The largest absolute Gasteiger partial charge is 0.481 e. The normalized spacial score (nSPS) is 19.7. The number of aromatic nitrogens is 2. The van der Waals surface area contributed by atoms with E-state index >= 15 is 0 Å². The smallest absolute Gasteiger partial charge is 0.308 e. The Morgan fingerprint density at radius 3 is 2.63 bits per heavy atom. The zero-order valence-corrected chi connectivity index (χ0v) is 15.1. The molecule has 1 aliphatic heterocycles. The summed E-state index contributed by atoms with van der Waals surface area (Å²) in [6.45, 7) is 3.62. The molecule has 0 bridgehead atoms. The van der Waals surface area contributed by atoms with E-state index in [1.807, 2.05) is 11.8 Å². The van der Waals surface area contributed by atoms with Gasteiger partial charge in [-0.25, -0.2) is 9.37 Å². The van der Waals surface area contributed by atoms with Crippen LogP contribution in [0.1, 0.15) is 37.0 Å². The number of anilines is 2. The van der Waals surface area contributed by atoms with E-state index < -0.39 is 17.7 Å². The number of carbonyl (C=O) groups excluding carboxylic acids is 1. The summed E-state index contributed by atoms with van der Waals surface area (Å²) in [5, 5.41) is 9.32. The van der Waals surface area contributed by atoms with Crippen molar-refractivity contribution in [3.63, 3.8) is 0 Å². The van der Waals surface area contributed by atoms with Gasteiger partial charge >= 0.3 is 5.97 Å². The lowest BCUT2D eigenvalue weighted by Crippen LogP contribution is -2.44. The average Bonchev–Trinajstić information content (AvgIpc) is 2.60. The molecule has 0 amide bonds. The quantitative estimate of drug-likeness (QED) is 0.794. The van der Waals surface area contributed by atoms with Gasteiger partial charge in [-0.3, -0.25) is 9.59 Å². The molecule has 1 fully saturated rings. The monoisotopic (exact) mass is 372 g/mol. The van der Waals surface area contributed by atoms with Gasteiger partial charge in [-0.05, 0) is 38.8 Å². The molecule has 0 unspecified atom stereocenters. The first kappa shape index (κ1) is 18.8. The number of piperidine rings is 1. The molecule has 1 aromatic carbocycles. The molecular weight excluding hydrogens is 351 g/mol. The summed E-state index contributed by atoms with van der Waals surface area (Å²) in [5.41, 5.74) is 6.73. The number of aliphatic carboxylic acids is 1. The number of rotatable bonds is 4. The van der Waals surface area contributed by atoms with Crippen LogP contribution in [0.3, 0.4) is 0 Å². The van der Waals surface area contributed by atoms with Gasteiger partial charge in [-0.2, -0.15) is 4.98 Å². The van der Waals surface area contributed by atoms with E-state index in [1.54, 1.807) is 12.1 Å². The number of nitrogens with two attached hydrogens (primary N) is 1.